The smallest absolute Gasteiger partial charge is 0.258 e. The Labute approximate surface area is 178 Å². The summed E-state index contributed by atoms with van der Waals surface area (Å²) in [7, 11) is 1.78. The molecule has 5 rings (SSSR count). The number of hydrogen-bond donors (Lipinski definition) is 2. The number of pyridine rings is 2. The van der Waals surface area contributed by atoms with Crippen LogP contribution in [0.2, 0.25) is 5.15 Å². The van der Waals surface area contributed by atoms with Gasteiger partial charge >= 0.3 is 0 Å². The van der Waals surface area contributed by atoms with Crippen LogP contribution in [0.15, 0.2) is 35.3 Å². The summed E-state index contributed by atoms with van der Waals surface area (Å²) in [5.41, 5.74) is 3.95. The first-order valence-corrected chi connectivity index (χ1v) is 10.3. The van der Waals surface area contributed by atoms with E-state index in [9.17, 15) is 10.1 Å². The van der Waals surface area contributed by atoms with E-state index in [0.717, 1.165) is 22.3 Å². The van der Waals surface area contributed by atoms with E-state index in [-0.39, 0.29) is 16.8 Å². The van der Waals surface area contributed by atoms with Crippen molar-refractivity contribution < 1.29 is 4.74 Å². The van der Waals surface area contributed by atoms with Crippen LogP contribution in [-0.4, -0.2) is 22.2 Å². The van der Waals surface area contributed by atoms with Crippen LogP contribution < -0.4 is 16.2 Å². The minimum Gasteiger partial charge on any atom is -0.379 e. The van der Waals surface area contributed by atoms with Gasteiger partial charge in [0.2, 0.25) is 0 Å². The number of fused-ring (bicyclic) bond motifs is 3. The van der Waals surface area contributed by atoms with Crippen LogP contribution in [0.3, 0.4) is 0 Å². The summed E-state index contributed by atoms with van der Waals surface area (Å²) in [6, 6.07) is 9.80. The molecule has 0 bridgehead atoms. The number of hydrogen-bond acceptors (Lipinski definition) is 6. The molecule has 0 amide bonds. The Morgan fingerprint density at radius 2 is 2.20 bits per heavy atom. The van der Waals surface area contributed by atoms with Crippen molar-refractivity contribution in [3.05, 3.63) is 57.1 Å². The largest absolute Gasteiger partial charge is 0.379 e. The quantitative estimate of drug-likeness (QED) is 0.623. The summed E-state index contributed by atoms with van der Waals surface area (Å²) in [5, 5.41) is 17.4. The van der Waals surface area contributed by atoms with Crippen LogP contribution in [0.1, 0.15) is 24.0 Å². The summed E-state index contributed by atoms with van der Waals surface area (Å²) in [6.45, 7) is 0.896. The second-order valence-electron chi connectivity index (χ2n) is 7.81. The molecular formula is C22H20ClN5O2. The van der Waals surface area contributed by atoms with E-state index in [1.165, 1.54) is 12.8 Å². The number of nitriles is 1. The molecular weight excluding hydrogens is 402 g/mol. The van der Waals surface area contributed by atoms with Crippen molar-refractivity contribution in [2.24, 2.45) is 13.0 Å². The fourth-order valence-electron chi connectivity index (χ4n) is 4.06. The summed E-state index contributed by atoms with van der Waals surface area (Å²) in [5.74, 6) is 0.591. The van der Waals surface area contributed by atoms with Gasteiger partial charge in [0.15, 0.2) is 0 Å². The highest BCUT2D eigenvalue weighted by atomic mass is 35.5. The minimum atomic E-state index is -0.0464. The first-order chi connectivity index (χ1) is 14.6. The molecule has 1 saturated carbocycles. The van der Waals surface area contributed by atoms with Crippen molar-refractivity contribution in [1.29, 1.82) is 5.26 Å². The third-order valence-electron chi connectivity index (χ3n) is 5.85. The van der Waals surface area contributed by atoms with Crippen molar-refractivity contribution in [1.82, 2.24) is 9.55 Å². The lowest BCUT2D eigenvalue weighted by atomic mass is 10.1. The molecule has 1 aliphatic carbocycles. The van der Waals surface area contributed by atoms with Gasteiger partial charge in [-0.1, -0.05) is 11.6 Å². The summed E-state index contributed by atoms with van der Waals surface area (Å²) in [4.78, 5) is 16.9. The Morgan fingerprint density at radius 3 is 2.97 bits per heavy atom. The fourth-order valence-corrected chi connectivity index (χ4v) is 4.26. The van der Waals surface area contributed by atoms with Crippen LogP contribution >= 0.6 is 11.6 Å². The van der Waals surface area contributed by atoms with Crippen molar-refractivity contribution >= 4 is 39.6 Å². The lowest BCUT2D eigenvalue weighted by Gasteiger charge is -2.20. The van der Waals surface area contributed by atoms with Crippen LogP contribution in [0.4, 0.5) is 17.1 Å². The van der Waals surface area contributed by atoms with Gasteiger partial charge in [0.1, 0.15) is 16.8 Å². The van der Waals surface area contributed by atoms with Gasteiger partial charge in [0.25, 0.3) is 5.56 Å². The molecule has 2 aromatic heterocycles. The van der Waals surface area contributed by atoms with Gasteiger partial charge in [0, 0.05) is 24.3 Å². The predicted molar refractivity (Wildman–Crippen MR) is 116 cm³/mol. The zero-order chi connectivity index (χ0) is 20.8. The monoisotopic (exact) mass is 421 g/mol. The molecule has 0 saturated heterocycles. The SMILES string of the molecule is Cn1c(=O)c2c(c3cc(Nc4ccnc(Cl)c4C#N)ccc31)NC(C1CC1)COC2. The van der Waals surface area contributed by atoms with E-state index >= 15 is 0 Å². The van der Waals surface area contributed by atoms with E-state index in [0.29, 0.717) is 35.9 Å². The number of nitrogens with one attached hydrogen (secondary N) is 2. The molecule has 7 nitrogen and oxygen atoms in total. The predicted octanol–water partition coefficient (Wildman–Crippen LogP) is 3.92. The molecule has 0 spiro atoms. The topological polar surface area (TPSA) is 92.0 Å². The maximum Gasteiger partial charge on any atom is 0.258 e. The van der Waals surface area contributed by atoms with Gasteiger partial charge in [-0.15, -0.1) is 0 Å². The molecule has 1 unspecified atom stereocenters. The van der Waals surface area contributed by atoms with Crippen molar-refractivity contribution in [2.45, 2.75) is 25.5 Å². The van der Waals surface area contributed by atoms with Gasteiger partial charge < -0.3 is 19.9 Å². The highest BCUT2D eigenvalue weighted by molar-refractivity contribution is 6.31. The van der Waals surface area contributed by atoms with E-state index in [1.54, 1.807) is 23.9 Å². The molecule has 1 aromatic carbocycles. The van der Waals surface area contributed by atoms with Crippen molar-refractivity contribution in [2.75, 3.05) is 17.2 Å². The van der Waals surface area contributed by atoms with Crippen LogP contribution in [0, 0.1) is 17.2 Å². The number of benzene rings is 1. The number of anilines is 3. The zero-order valence-corrected chi connectivity index (χ0v) is 17.2. The van der Waals surface area contributed by atoms with Crippen LogP contribution in [-0.2, 0) is 18.4 Å². The second-order valence-corrected chi connectivity index (χ2v) is 8.17. The Balaban J connectivity index is 1.64. The van der Waals surface area contributed by atoms with Crippen LogP contribution in [0.5, 0.6) is 0 Å². The summed E-state index contributed by atoms with van der Waals surface area (Å²) < 4.78 is 7.50. The number of nitrogens with zero attached hydrogens (tertiary/aromatic N) is 3. The number of aromatic nitrogens is 2. The molecule has 2 aliphatic rings. The van der Waals surface area contributed by atoms with Gasteiger partial charge in [-0.25, -0.2) is 4.98 Å². The highest BCUT2D eigenvalue weighted by Gasteiger charge is 2.34. The molecule has 30 heavy (non-hydrogen) atoms. The second kappa shape index (κ2) is 7.31. The average Bonchev–Trinajstić information content (AvgIpc) is 3.58. The first kappa shape index (κ1) is 18.9. The molecule has 1 aliphatic heterocycles. The zero-order valence-electron chi connectivity index (χ0n) is 16.4. The first-order valence-electron chi connectivity index (χ1n) is 9.88. The number of rotatable bonds is 3. The van der Waals surface area contributed by atoms with Crippen molar-refractivity contribution in [3.63, 3.8) is 0 Å². The molecule has 3 aromatic rings. The normalized spacial score (nSPS) is 18.2. The maximum absolute atomic E-state index is 12.9. The van der Waals surface area contributed by atoms with E-state index in [1.807, 2.05) is 18.2 Å². The maximum atomic E-state index is 12.9. The minimum absolute atomic E-state index is 0.0464. The van der Waals surface area contributed by atoms with E-state index < -0.39 is 0 Å². The molecule has 2 N–H and O–H groups in total. The molecule has 3 heterocycles. The average molecular weight is 422 g/mol. The molecule has 1 atom stereocenters. The molecule has 8 heteroatoms. The Kier molecular flexibility index (Phi) is 4.61. The van der Waals surface area contributed by atoms with Crippen LogP contribution in [0.25, 0.3) is 10.9 Å². The van der Waals surface area contributed by atoms with Gasteiger partial charge in [-0.2, -0.15) is 5.26 Å². The van der Waals surface area contributed by atoms with Crippen molar-refractivity contribution in [3.8, 4) is 6.07 Å². The number of aryl methyl sites for hydroxylation is 1. The molecule has 0 radical (unpaired) electrons. The van der Waals surface area contributed by atoms with Gasteiger partial charge in [0.05, 0.1) is 41.7 Å². The Morgan fingerprint density at radius 1 is 1.37 bits per heavy atom. The highest BCUT2D eigenvalue weighted by Crippen LogP contribution is 2.38. The molecule has 1 fully saturated rings. The van der Waals surface area contributed by atoms with E-state index in [4.69, 9.17) is 16.3 Å². The standard InChI is InChI=1S/C22H20ClN5O2/c1-28-19-5-4-13(26-17-6-7-25-21(23)15(17)9-24)8-14(19)20-16(22(28)29)10-30-11-18(27-20)12-2-3-12/h4-8,12,18,27H,2-3,10-11H2,1H3,(H,25,26). The number of ether oxygens (including phenoxy) is 1. The third-order valence-corrected chi connectivity index (χ3v) is 6.14. The Bertz CT molecular complexity index is 1260. The van der Waals surface area contributed by atoms with E-state index in [2.05, 4.69) is 21.7 Å². The summed E-state index contributed by atoms with van der Waals surface area (Å²) >= 11 is 6.06. The Hall–Kier alpha value is -3.08. The number of halogens is 1. The fraction of sp³-hybridized carbons (Fsp3) is 0.318. The van der Waals surface area contributed by atoms with Gasteiger partial charge in [-0.05, 0) is 43.0 Å². The lowest BCUT2D eigenvalue weighted by Crippen LogP contribution is -2.27. The third kappa shape index (κ3) is 3.18. The summed E-state index contributed by atoms with van der Waals surface area (Å²) in [6.07, 6.45) is 3.93. The lowest BCUT2D eigenvalue weighted by molar-refractivity contribution is 0.112. The molecule has 152 valence electrons. The van der Waals surface area contributed by atoms with Gasteiger partial charge in [-0.3, -0.25) is 4.79 Å².